The van der Waals surface area contributed by atoms with Crippen LogP contribution >= 0.6 is 11.3 Å². The van der Waals surface area contributed by atoms with E-state index in [0.717, 1.165) is 31.2 Å². The van der Waals surface area contributed by atoms with Crippen molar-refractivity contribution >= 4 is 32.6 Å². The maximum absolute atomic E-state index is 13.0. The molecule has 2 aromatic rings. The summed E-state index contributed by atoms with van der Waals surface area (Å²) >= 11 is 0.271. The molecule has 1 heterocycles. The van der Waals surface area contributed by atoms with Crippen molar-refractivity contribution in [3.63, 3.8) is 0 Å². The molecular formula is C13H8F3NO5S2. The number of nitro groups is 1. The van der Waals surface area contributed by atoms with Crippen molar-refractivity contribution in [1.29, 1.82) is 0 Å². The maximum atomic E-state index is 13.0. The van der Waals surface area contributed by atoms with Crippen molar-refractivity contribution in [2.45, 2.75) is 22.2 Å². The van der Waals surface area contributed by atoms with Gasteiger partial charge in [-0.2, -0.15) is 13.2 Å². The number of carbonyl (C=O) groups is 1. The van der Waals surface area contributed by atoms with Crippen molar-refractivity contribution < 1.29 is 31.3 Å². The number of hydrogen-bond donors (Lipinski definition) is 0. The van der Waals surface area contributed by atoms with E-state index in [0.29, 0.717) is 6.07 Å². The predicted octanol–water partition coefficient (Wildman–Crippen LogP) is 3.71. The van der Waals surface area contributed by atoms with Crippen molar-refractivity contribution in [1.82, 2.24) is 0 Å². The van der Waals surface area contributed by atoms with Gasteiger partial charge in [0.25, 0.3) is 5.69 Å². The minimum absolute atomic E-state index is 0.232. The van der Waals surface area contributed by atoms with E-state index in [4.69, 9.17) is 0 Å². The summed E-state index contributed by atoms with van der Waals surface area (Å²) in [5, 5.41) is 11.0. The number of ketones is 1. The number of rotatable bonds is 4. The average Bonchev–Trinajstić information content (AvgIpc) is 2.92. The fourth-order valence-corrected chi connectivity index (χ4v) is 4.96. The van der Waals surface area contributed by atoms with E-state index in [9.17, 15) is 36.5 Å². The number of benzene rings is 1. The first kappa shape index (κ1) is 18.1. The van der Waals surface area contributed by atoms with Crippen molar-refractivity contribution in [2.75, 3.05) is 0 Å². The van der Waals surface area contributed by atoms with E-state index in [1.54, 1.807) is 0 Å². The summed E-state index contributed by atoms with van der Waals surface area (Å²) in [7, 11) is -4.84. The van der Waals surface area contributed by atoms with Crippen LogP contribution in [0.3, 0.4) is 0 Å². The molecule has 0 unspecified atom stereocenters. The fourth-order valence-electron chi connectivity index (χ4n) is 1.89. The number of Topliss-reactive ketones (excluding diaryl/α,β-unsaturated/α-hetero) is 1. The van der Waals surface area contributed by atoms with Crippen LogP contribution < -0.4 is 0 Å². The van der Waals surface area contributed by atoms with Gasteiger partial charge < -0.3 is 0 Å². The van der Waals surface area contributed by atoms with Crippen molar-refractivity contribution in [3.8, 4) is 0 Å². The molecule has 0 aliphatic carbocycles. The predicted molar refractivity (Wildman–Crippen MR) is 77.9 cm³/mol. The summed E-state index contributed by atoms with van der Waals surface area (Å²) in [5.74, 6) is -0.631. The van der Waals surface area contributed by atoms with Gasteiger partial charge in [-0.1, -0.05) is 12.1 Å². The standard InChI is InChI=1S/C13H8F3NO5S2/c1-7(18)10-6-9(17(19)20)12(23-10)24(21,22)11-5-3-2-4-8(11)13(14,15)16/h2-6H,1H3. The monoisotopic (exact) mass is 379 g/mol. The van der Waals surface area contributed by atoms with Crippen LogP contribution in [-0.4, -0.2) is 19.1 Å². The van der Waals surface area contributed by atoms with E-state index < -0.39 is 47.1 Å². The molecule has 0 aliphatic heterocycles. The first-order valence-corrected chi connectivity index (χ1v) is 8.46. The van der Waals surface area contributed by atoms with E-state index in [-0.39, 0.29) is 16.2 Å². The minimum atomic E-state index is -4.96. The number of sulfone groups is 1. The molecule has 24 heavy (non-hydrogen) atoms. The van der Waals surface area contributed by atoms with E-state index in [1.165, 1.54) is 0 Å². The zero-order chi connectivity index (χ0) is 18.3. The summed E-state index contributed by atoms with van der Waals surface area (Å²) in [6.45, 7) is 1.07. The van der Waals surface area contributed by atoms with Gasteiger partial charge in [0.2, 0.25) is 14.0 Å². The molecule has 0 aliphatic rings. The van der Waals surface area contributed by atoms with Crippen LogP contribution in [0.25, 0.3) is 0 Å². The first-order valence-electron chi connectivity index (χ1n) is 6.16. The molecule has 0 N–H and O–H groups in total. The van der Waals surface area contributed by atoms with E-state index in [2.05, 4.69) is 0 Å². The molecule has 0 amide bonds. The Morgan fingerprint density at radius 2 is 1.83 bits per heavy atom. The Balaban J connectivity index is 2.78. The second-order valence-electron chi connectivity index (χ2n) is 4.59. The third kappa shape index (κ3) is 3.17. The zero-order valence-corrected chi connectivity index (χ0v) is 13.5. The summed E-state index contributed by atoms with van der Waals surface area (Å²) in [5.41, 5.74) is -2.36. The van der Waals surface area contributed by atoms with Gasteiger partial charge >= 0.3 is 6.18 Å². The lowest BCUT2D eigenvalue weighted by atomic mass is 10.2. The Labute approximate surface area is 137 Å². The lowest BCUT2D eigenvalue weighted by molar-refractivity contribution is -0.387. The van der Waals surface area contributed by atoms with Crippen LogP contribution in [0.4, 0.5) is 18.9 Å². The van der Waals surface area contributed by atoms with Gasteiger partial charge in [0.15, 0.2) is 5.78 Å². The van der Waals surface area contributed by atoms with Gasteiger partial charge in [-0.15, -0.1) is 11.3 Å². The summed E-state index contributed by atoms with van der Waals surface area (Å²) < 4.78 is 63.3. The molecule has 128 valence electrons. The molecule has 0 saturated heterocycles. The summed E-state index contributed by atoms with van der Waals surface area (Å²) in [6, 6.07) is 4.11. The number of hydrogen-bond acceptors (Lipinski definition) is 6. The van der Waals surface area contributed by atoms with Crippen LogP contribution in [0, 0.1) is 10.1 Å². The Morgan fingerprint density at radius 1 is 1.25 bits per heavy atom. The van der Waals surface area contributed by atoms with E-state index in [1.807, 2.05) is 0 Å². The van der Waals surface area contributed by atoms with Crippen LogP contribution in [-0.2, 0) is 16.0 Å². The van der Waals surface area contributed by atoms with Crippen LogP contribution in [0.5, 0.6) is 0 Å². The van der Waals surface area contributed by atoms with Gasteiger partial charge in [-0.3, -0.25) is 14.9 Å². The number of halogens is 3. The molecule has 0 fully saturated rings. The highest BCUT2D eigenvalue weighted by Crippen LogP contribution is 2.41. The molecule has 0 bridgehead atoms. The number of alkyl halides is 3. The quantitative estimate of drug-likeness (QED) is 0.458. The van der Waals surface area contributed by atoms with E-state index >= 15 is 0 Å². The van der Waals surface area contributed by atoms with Gasteiger partial charge in [-0.05, 0) is 19.1 Å². The highest BCUT2D eigenvalue weighted by atomic mass is 32.2. The van der Waals surface area contributed by atoms with Crippen LogP contribution in [0.15, 0.2) is 39.4 Å². The Kier molecular flexibility index (Phi) is 4.50. The summed E-state index contributed by atoms with van der Waals surface area (Å²) in [6.07, 6.45) is -4.96. The van der Waals surface area contributed by atoms with Crippen LogP contribution in [0.1, 0.15) is 22.2 Å². The second-order valence-corrected chi connectivity index (χ2v) is 7.76. The molecule has 2 rings (SSSR count). The molecule has 0 radical (unpaired) electrons. The number of thiophene rings is 1. The first-order chi connectivity index (χ1) is 11.0. The topological polar surface area (TPSA) is 94.3 Å². The molecule has 0 atom stereocenters. The molecule has 1 aromatic heterocycles. The molecule has 1 aromatic carbocycles. The maximum Gasteiger partial charge on any atom is 0.417 e. The largest absolute Gasteiger partial charge is 0.417 e. The molecular weight excluding hydrogens is 371 g/mol. The van der Waals surface area contributed by atoms with Gasteiger partial charge in [0.1, 0.15) is 0 Å². The molecule has 11 heteroatoms. The van der Waals surface area contributed by atoms with Gasteiger partial charge in [-0.25, -0.2) is 8.42 Å². The molecule has 0 saturated carbocycles. The summed E-state index contributed by atoms with van der Waals surface area (Å²) in [4.78, 5) is 20.0. The van der Waals surface area contributed by atoms with Gasteiger partial charge in [0, 0.05) is 6.07 Å². The number of carbonyl (C=O) groups excluding carboxylic acids is 1. The normalized spacial score (nSPS) is 12.2. The number of nitrogens with zero attached hydrogens (tertiary/aromatic N) is 1. The zero-order valence-electron chi connectivity index (χ0n) is 11.8. The van der Waals surface area contributed by atoms with Crippen molar-refractivity contribution in [3.05, 3.63) is 50.9 Å². The average molecular weight is 379 g/mol. The lowest BCUT2D eigenvalue weighted by Crippen LogP contribution is -2.13. The second kappa shape index (κ2) is 5.98. The third-order valence-corrected chi connectivity index (χ3v) is 6.51. The smallest absolute Gasteiger partial charge is 0.294 e. The fraction of sp³-hybridized carbons (Fsp3) is 0.154. The molecule has 0 spiro atoms. The molecule has 6 nitrogen and oxygen atoms in total. The third-order valence-electron chi connectivity index (χ3n) is 2.95. The van der Waals surface area contributed by atoms with Crippen LogP contribution in [0.2, 0.25) is 0 Å². The Hall–Kier alpha value is -2.27. The lowest BCUT2D eigenvalue weighted by Gasteiger charge is -2.12. The highest BCUT2D eigenvalue weighted by molar-refractivity contribution is 7.93. The Bertz CT molecular complexity index is 931. The Morgan fingerprint density at radius 3 is 2.33 bits per heavy atom. The highest BCUT2D eigenvalue weighted by Gasteiger charge is 2.40. The van der Waals surface area contributed by atoms with Gasteiger partial charge in [0.05, 0.1) is 20.3 Å². The SMILES string of the molecule is CC(=O)c1cc([N+](=O)[O-])c(S(=O)(=O)c2ccccc2C(F)(F)F)s1. The minimum Gasteiger partial charge on any atom is -0.294 e. The van der Waals surface area contributed by atoms with Crippen molar-refractivity contribution in [2.24, 2.45) is 0 Å².